The van der Waals surface area contributed by atoms with Crippen molar-refractivity contribution in [3.63, 3.8) is 0 Å². The molecule has 0 aromatic heterocycles. The van der Waals surface area contributed by atoms with E-state index >= 15 is 0 Å². The summed E-state index contributed by atoms with van der Waals surface area (Å²) in [5, 5.41) is 1.49. The minimum Gasteiger partial charge on any atom is -0.361 e. The lowest BCUT2D eigenvalue weighted by molar-refractivity contribution is -0.144. The number of para-hydroxylation sites is 1. The van der Waals surface area contributed by atoms with Gasteiger partial charge in [-0.1, -0.05) is 25.1 Å². The summed E-state index contributed by atoms with van der Waals surface area (Å²) < 4.78 is 1.28. The Kier molecular flexibility index (Phi) is 6.35. The molecule has 1 heterocycles. The number of benzene rings is 1. The highest BCUT2D eigenvalue weighted by Crippen LogP contribution is 2.22. The van der Waals surface area contributed by atoms with E-state index in [9.17, 15) is 4.79 Å². The van der Waals surface area contributed by atoms with Crippen molar-refractivity contribution in [1.82, 2.24) is 15.2 Å². The van der Waals surface area contributed by atoms with Crippen LogP contribution in [-0.4, -0.2) is 15.6 Å². The molecule has 1 N–H and O–H groups in total. The van der Waals surface area contributed by atoms with Crippen LogP contribution in [0.3, 0.4) is 0 Å². The second kappa shape index (κ2) is 7.77. The predicted molar refractivity (Wildman–Crippen MR) is 79.1 cm³/mol. The summed E-state index contributed by atoms with van der Waals surface area (Å²) in [6, 6.07) is 9.48. The molecule has 0 spiro atoms. The molecule has 0 radical (unpaired) electrons. The lowest BCUT2D eigenvalue weighted by Crippen LogP contribution is -2.37. The minimum atomic E-state index is 0.255. The van der Waals surface area contributed by atoms with E-state index in [0.717, 1.165) is 17.1 Å². The summed E-state index contributed by atoms with van der Waals surface area (Å²) in [5.41, 5.74) is 4.80. The number of allylic oxidation sites excluding steroid dienone is 2. The number of ketones is 1. The third-order valence-corrected chi connectivity index (χ3v) is 2.90. The fraction of sp³-hybridized carbons (Fsp3) is 0.357. The van der Waals surface area contributed by atoms with Crippen molar-refractivity contribution in [3.05, 3.63) is 41.7 Å². The van der Waals surface area contributed by atoms with Gasteiger partial charge in [0.1, 0.15) is 5.78 Å². The second-order valence-electron chi connectivity index (χ2n) is 4.32. The van der Waals surface area contributed by atoms with Gasteiger partial charge in [0.2, 0.25) is 0 Å². The van der Waals surface area contributed by atoms with Gasteiger partial charge in [0.15, 0.2) is 5.75 Å². The number of halogens is 1. The van der Waals surface area contributed by atoms with E-state index in [1.165, 1.54) is 9.81 Å². The first-order valence-corrected chi connectivity index (χ1v) is 6.72. The van der Waals surface area contributed by atoms with Crippen LogP contribution in [0.4, 0.5) is 0 Å². The number of nitrogens with zero attached hydrogens (tertiary/aromatic N) is 2. The van der Waals surface area contributed by atoms with E-state index in [4.69, 9.17) is 16.6 Å². The van der Waals surface area contributed by atoms with Gasteiger partial charge in [-0.15, -0.1) is 5.17 Å². The van der Waals surface area contributed by atoms with Crippen LogP contribution in [0.2, 0.25) is 0 Å². The molecule has 0 fully saturated rings. The number of hydroxylamine groups is 1. The summed E-state index contributed by atoms with van der Waals surface area (Å²) in [6.45, 7) is 7.29. The van der Waals surface area contributed by atoms with Gasteiger partial charge in [-0.05, 0) is 37.5 Å². The standard InChI is InChI=1S/C10H12ClN3O.C4H8O/c1-8-9(2)13(14(11)12-8)15-10-6-4-3-5-7-10;1-3-4(2)5/h3-7,12H,1-2H3;3H2,1-2H3. The fourth-order valence-electron chi connectivity index (χ4n) is 1.23. The highest BCUT2D eigenvalue weighted by Gasteiger charge is 2.25. The summed E-state index contributed by atoms with van der Waals surface area (Å²) in [6.07, 6.45) is 0.667. The first-order valence-electron chi connectivity index (χ1n) is 6.38. The van der Waals surface area contributed by atoms with Gasteiger partial charge < -0.3 is 9.63 Å². The van der Waals surface area contributed by atoms with E-state index in [1.807, 2.05) is 51.1 Å². The molecule has 6 heteroatoms. The molecule has 0 bridgehead atoms. The zero-order chi connectivity index (χ0) is 15.1. The van der Waals surface area contributed by atoms with Crippen molar-refractivity contribution < 1.29 is 9.63 Å². The zero-order valence-corrected chi connectivity index (χ0v) is 12.9. The summed E-state index contributed by atoms with van der Waals surface area (Å²) in [4.78, 5) is 15.4. The Morgan fingerprint density at radius 1 is 1.30 bits per heavy atom. The average Bonchev–Trinajstić information content (AvgIpc) is 2.67. The summed E-state index contributed by atoms with van der Waals surface area (Å²) in [7, 11) is 0. The van der Waals surface area contributed by atoms with E-state index in [2.05, 4.69) is 5.43 Å². The first kappa shape index (κ1) is 16.3. The molecule has 1 aromatic rings. The molecule has 0 atom stereocenters. The minimum absolute atomic E-state index is 0.255. The molecule has 1 aliphatic rings. The summed E-state index contributed by atoms with van der Waals surface area (Å²) >= 11 is 5.90. The van der Waals surface area contributed by atoms with Gasteiger partial charge >= 0.3 is 0 Å². The maximum absolute atomic E-state index is 9.81. The van der Waals surface area contributed by atoms with Crippen LogP contribution in [0.1, 0.15) is 34.1 Å². The van der Waals surface area contributed by atoms with E-state index in [0.29, 0.717) is 6.42 Å². The van der Waals surface area contributed by atoms with Crippen LogP contribution in [-0.2, 0) is 4.79 Å². The van der Waals surface area contributed by atoms with Gasteiger partial charge in [-0.3, -0.25) is 5.43 Å². The van der Waals surface area contributed by atoms with Gasteiger partial charge in [0.25, 0.3) is 0 Å². The number of hydrazine groups is 2. The maximum Gasteiger partial charge on any atom is 0.157 e. The van der Waals surface area contributed by atoms with Crippen molar-refractivity contribution >= 4 is 17.6 Å². The molecule has 5 nitrogen and oxygen atoms in total. The SMILES string of the molecule is CC1=C(C)N(Oc2ccccc2)N(Cl)N1.CCC(C)=O. The van der Waals surface area contributed by atoms with Crippen molar-refractivity contribution in [2.75, 3.05) is 0 Å². The fourth-order valence-corrected chi connectivity index (χ4v) is 1.50. The Bertz CT molecular complexity index is 477. The van der Waals surface area contributed by atoms with Crippen molar-refractivity contribution in [2.24, 2.45) is 0 Å². The first-order chi connectivity index (χ1) is 9.45. The lowest BCUT2D eigenvalue weighted by atomic mass is 10.3. The summed E-state index contributed by atoms with van der Waals surface area (Å²) in [5.74, 6) is 0.990. The smallest absolute Gasteiger partial charge is 0.157 e. The molecule has 1 aromatic carbocycles. The number of nitrogens with one attached hydrogen (secondary N) is 1. The quantitative estimate of drug-likeness (QED) is 0.866. The Balaban J connectivity index is 0.000000347. The lowest BCUT2D eigenvalue weighted by Gasteiger charge is -2.23. The number of carbonyl (C=O) groups excluding carboxylic acids is 1. The maximum atomic E-state index is 9.81. The third kappa shape index (κ3) is 4.75. The van der Waals surface area contributed by atoms with Crippen molar-refractivity contribution in [2.45, 2.75) is 34.1 Å². The molecule has 0 aliphatic carbocycles. The van der Waals surface area contributed by atoms with Crippen LogP contribution in [0.15, 0.2) is 41.7 Å². The van der Waals surface area contributed by atoms with E-state index in [1.54, 1.807) is 6.92 Å². The topological polar surface area (TPSA) is 44.8 Å². The second-order valence-corrected chi connectivity index (χ2v) is 4.64. The molecular weight excluding hydrogens is 278 g/mol. The van der Waals surface area contributed by atoms with Crippen LogP contribution >= 0.6 is 11.8 Å². The molecule has 0 saturated carbocycles. The monoisotopic (exact) mass is 297 g/mol. The van der Waals surface area contributed by atoms with Crippen molar-refractivity contribution in [1.29, 1.82) is 0 Å². The van der Waals surface area contributed by atoms with Crippen LogP contribution in [0.5, 0.6) is 5.75 Å². The molecule has 0 amide bonds. The molecule has 0 unspecified atom stereocenters. The number of carbonyl (C=O) groups is 1. The van der Waals surface area contributed by atoms with Crippen LogP contribution in [0, 0.1) is 0 Å². The molecule has 1 aliphatic heterocycles. The zero-order valence-electron chi connectivity index (χ0n) is 12.2. The molecule has 2 rings (SSSR count). The Hall–Kier alpha value is -1.72. The largest absolute Gasteiger partial charge is 0.361 e. The number of hydrogen-bond donors (Lipinski definition) is 1. The Labute approximate surface area is 124 Å². The molecular formula is C14H20ClN3O2. The Morgan fingerprint density at radius 2 is 1.85 bits per heavy atom. The normalized spacial score (nSPS) is 14.6. The van der Waals surface area contributed by atoms with Crippen molar-refractivity contribution in [3.8, 4) is 5.75 Å². The van der Waals surface area contributed by atoms with Gasteiger partial charge in [0.05, 0.1) is 11.4 Å². The number of hydrogen-bond acceptors (Lipinski definition) is 5. The highest BCUT2D eigenvalue weighted by molar-refractivity contribution is 6.12. The Morgan fingerprint density at radius 3 is 2.25 bits per heavy atom. The number of rotatable bonds is 3. The third-order valence-electron chi connectivity index (χ3n) is 2.68. The van der Waals surface area contributed by atoms with Gasteiger partial charge in [0, 0.05) is 18.2 Å². The number of Topliss-reactive ketones (excluding diaryl/α,β-unsaturated/α-hetero) is 1. The average molecular weight is 298 g/mol. The van der Waals surface area contributed by atoms with Gasteiger partial charge in [-0.25, -0.2) is 0 Å². The van der Waals surface area contributed by atoms with E-state index in [-0.39, 0.29) is 5.78 Å². The van der Waals surface area contributed by atoms with E-state index < -0.39 is 0 Å². The van der Waals surface area contributed by atoms with Gasteiger partial charge in [-0.2, -0.15) is 0 Å². The predicted octanol–water partition coefficient (Wildman–Crippen LogP) is 3.41. The molecule has 20 heavy (non-hydrogen) atoms. The van der Waals surface area contributed by atoms with Crippen LogP contribution in [0.25, 0.3) is 0 Å². The molecule has 110 valence electrons. The van der Waals surface area contributed by atoms with Crippen LogP contribution < -0.4 is 10.3 Å². The highest BCUT2D eigenvalue weighted by atomic mass is 35.5. The molecule has 0 saturated heterocycles.